The second-order valence-electron chi connectivity index (χ2n) is 6.93. The number of aryl methyl sites for hydroxylation is 1. The number of benzene rings is 1. The summed E-state index contributed by atoms with van der Waals surface area (Å²) in [5, 5.41) is 4.77. The summed E-state index contributed by atoms with van der Waals surface area (Å²) in [6.07, 6.45) is 2.66. The summed E-state index contributed by atoms with van der Waals surface area (Å²) in [4.78, 5) is 38.6. The molecule has 0 radical (unpaired) electrons. The molecule has 1 aromatic heterocycles. The molecule has 0 spiro atoms. The first-order valence-electron chi connectivity index (χ1n) is 9.33. The normalized spacial score (nSPS) is 16.9. The lowest BCUT2D eigenvalue weighted by Gasteiger charge is -2.32. The van der Waals surface area contributed by atoms with Crippen LogP contribution in [0.2, 0.25) is 0 Å². The highest BCUT2D eigenvalue weighted by molar-refractivity contribution is 7.07. The van der Waals surface area contributed by atoms with Gasteiger partial charge in [0.2, 0.25) is 11.8 Å². The van der Waals surface area contributed by atoms with Crippen molar-refractivity contribution >= 4 is 28.8 Å². The fourth-order valence-electron chi connectivity index (χ4n) is 3.40. The molecule has 1 atom stereocenters. The SMILES string of the molecule is Cc1csc(=O)n1CCCC(=O)N1CCC[C@@H](C(=O)Nc2ccccc2)C1. The molecular weight excluding hydrogens is 362 g/mol. The number of thiazole rings is 1. The van der Waals surface area contributed by atoms with Crippen molar-refractivity contribution < 1.29 is 9.59 Å². The van der Waals surface area contributed by atoms with E-state index in [2.05, 4.69) is 5.32 Å². The van der Waals surface area contributed by atoms with Crippen LogP contribution in [0.3, 0.4) is 0 Å². The molecule has 6 nitrogen and oxygen atoms in total. The summed E-state index contributed by atoms with van der Waals surface area (Å²) < 4.78 is 1.71. The van der Waals surface area contributed by atoms with Crippen LogP contribution in [-0.2, 0) is 16.1 Å². The van der Waals surface area contributed by atoms with Crippen LogP contribution in [0, 0.1) is 12.8 Å². The van der Waals surface area contributed by atoms with Crippen molar-refractivity contribution in [2.75, 3.05) is 18.4 Å². The Morgan fingerprint density at radius 2 is 2.04 bits per heavy atom. The fraction of sp³-hybridized carbons (Fsp3) is 0.450. The first-order valence-corrected chi connectivity index (χ1v) is 10.2. The Kier molecular flexibility index (Phi) is 6.45. The van der Waals surface area contributed by atoms with E-state index in [4.69, 9.17) is 0 Å². The Hall–Kier alpha value is -2.41. The largest absolute Gasteiger partial charge is 0.342 e. The third kappa shape index (κ3) is 5.07. The van der Waals surface area contributed by atoms with E-state index >= 15 is 0 Å². The van der Waals surface area contributed by atoms with Crippen molar-refractivity contribution in [1.29, 1.82) is 0 Å². The van der Waals surface area contributed by atoms with Crippen LogP contribution in [0.5, 0.6) is 0 Å². The summed E-state index contributed by atoms with van der Waals surface area (Å²) in [6.45, 7) is 3.63. The van der Waals surface area contributed by atoms with Crippen LogP contribution in [0.1, 0.15) is 31.4 Å². The van der Waals surface area contributed by atoms with E-state index in [-0.39, 0.29) is 22.6 Å². The number of piperidine rings is 1. The molecule has 1 N–H and O–H groups in total. The Labute approximate surface area is 162 Å². The number of aromatic nitrogens is 1. The van der Waals surface area contributed by atoms with E-state index < -0.39 is 0 Å². The van der Waals surface area contributed by atoms with Crippen molar-refractivity contribution in [3.8, 4) is 0 Å². The quantitative estimate of drug-likeness (QED) is 0.828. The Bertz CT molecular complexity index is 844. The average molecular weight is 388 g/mol. The number of nitrogens with one attached hydrogen (secondary N) is 1. The van der Waals surface area contributed by atoms with Gasteiger partial charge in [-0.3, -0.25) is 14.4 Å². The Morgan fingerprint density at radius 3 is 2.74 bits per heavy atom. The van der Waals surface area contributed by atoms with E-state index in [0.717, 1.165) is 24.2 Å². The summed E-state index contributed by atoms with van der Waals surface area (Å²) >= 11 is 1.19. The highest BCUT2D eigenvalue weighted by Gasteiger charge is 2.28. The fourth-order valence-corrected chi connectivity index (χ4v) is 4.17. The smallest absolute Gasteiger partial charge is 0.307 e. The van der Waals surface area contributed by atoms with E-state index in [1.165, 1.54) is 11.3 Å². The second kappa shape index (κ2) is 8.99. The lowest BCUT2D eigenvalue weighted by Crippen LogP contribution is -2.43. The molecule has 0 aliphatic carbocycles. The van der Waals surface area contributed by atoms with Gasteiger partial charge in [-0.2, -0.15) is 0 Å². The van der Waals surface area contributed by atoms with Crippen molar-refractivity contribution in [3.05, 3.63) is 51.1 Å². The minimum Gasteiger partial charge on any atom is -0.342 e. The predicted molar refractivity (Wildman–Crippen MR) is 107 cm³/mol. The number of nitrogens with zero attached hydrogens (tertiary/aromatic N) is 2. The van der Waals surface area contributed by atoms with Crippen molar-refractivity contribution in [2.45, 2.75) is 39.2 Å². The highest BCUT2D eigenvalue weighted by Crippen LogP contribution is 2.20. The van der Waals surface area contributed by atoms with Crippen molar-refractivity contribution in [1.82, 2.24) is 9.47 Å². The minimum atomic E-state index is -0.176. The maximum atomic E-state index is 12.5. The van der Waals surface area contributed by atoms with Crippen LogP contribution < -0.4 is 10.2 Å². The maximum absolute atomic E-state index is 12.5. The van der Waals surface area contributed by atoms with Crippen LogP contribution in [0.25, 0.3) is 0 Å². The lowest BCUT2D eigenvalue weighted by molar-refractivity contribution is -0.134. The number of anilines is 1. The highest BCUT2D eigenvalue weighted by atomic mass is 32.1. The third-order valence-electron chi connectivity index (χ3n) is 4.94. The van der Waals surface area contributed by atoms with Gasteiger partial charge in [-0.25, -0.2) is 0 Å². The first-order chi connectivity index (χ1) is 13.0. The monoisotopic (exact) mass is 387 g/mol. The van der Waals surface area contributed by atoms with Crippen LogP contribution in [0.4, 0.5) is 5.69 Å². The first kappa shape index (κ1) is 19.4. The number of para-hydroxylation sites is 1. The number of hydrogen-bond acceptors (Lipinski definition) is 4. The molecule has 3 rings (SSSR count). The Morgan fingerprint density at radius 1 is 1.26 bits per heavy atom. The number of carbonyl (C=O) groups excluding carboxylic acids is 2. The minimum absolute atomic E-state index is 0.0237. The van der Waals surface area contributed by atoms with Gasteiger partial charge in [0.1, 0.15) is 0 Å². The molecule has 1 aliphatic rings. The van der Waals surface area contributed by atoms with E-state index in [9.17, 15) is 14.4 Å². The molecule has 144 valence electrons. The zero-order valence-electron chi connectivity index (χ0n) is 15.5. The number of hydrogen-bond donors (Lipinski definition) is 1. The van der Waals surface area contributed by atoms with E-state index in [1.807, 2.05) is 42.6 Å². The van der Waals surface area contributed by atoms with E-state index in [0.29, 0.717) is 32.5 Å². The number of likely N-dealkylation sites (tertiary alicyclic amines) is 1. The average Bonchev–Trinajstić information content (AvgIpc) is 3.01. The third-order valence-corrected chi connectivity index (χ3v) is 5.82. The molecule has 0 saturated carbocycles. The Balaban J connectivity index is 1.49. The number of amides is 2. The zero-order chi connectivity index (χ0) is 19.2. The molecule has 2 heterocycles. The van der Waals surface area contributed by atoms with Gasteiger partial charge in [-0.1, -0.05) is 29.5 Å². The predicted octanol–water partition coefficient (Wildman–Crippen LogP) is 2.88. The second-order valence-corrected chi connectivity index (χ2v) is 7.75. The van der Waals surface area contributed by atoms with Gasteiger partial charge in [0, 0.05) is 42.8 Å². The van der Waals surface area contributed by atoms with E-state index in [1.54, 1.807) is 9.47 Å². The van der Waals surface area contributed by atoms with Crippen LogP contribution >= 0.6 is 11.3 Å². The van der Waals surface area contributed by atoms with Gasteiger partial charge in [-0.05, 0) is 38.3 Å². The molecule has 27 heavy (non-hydrogen) atoms. The van der Waals surface area contributed by atoms with Gasteiger partial charge in [0.25, 0.3) is 0 Å². The van der Waals surface area contributed by atoms with Crippen molar-refractivity contribution in [2.24, 2.45) is 5.92 Å². The van der Waals surface area contributed by atoms with Crippen LogP contribution in [-0.4, -0.2) is 34.4 Å². The lowest BCUT2D eigenvalue weighted by atomic mass is 9.96. The molecule has 1 fully saturated rings. The molecule has 0 unspecified atom stereocenters. The molecule has 1 aromatic carbocycles. The molecule has 0 bridgehead atoms. The van der Waals surface area contributed by atoms with Crippen LogP contribution in [0.15, 0.2) is 40.5 Å². The van der Waals surface area contributed by atoms with Gasteiger partial charge in [0.15, 0.2) is 0 Å². The molecule has 7 heteroatoms. The topological polar surface area (TPSA) is 71.4 Å². The zero-order valence-corrected chi connectivity index (χ0v) is 16.3. The summed E-state index contributed by atoms with van der Waals surface area (Å²) in [5.41, 5.74) is 1.72. The van der Waals surface area contributed by atoms with Gasteiger partial charge < -0.3 is 14.8 Å². The summed E-state index contributed by atoms with van der Waals surface area (Å²) in [5.74, 6) is -0.142. The molecular formula is C20H25N3O3S. The number of rotatable bonds is 6. The summed E-state index contributed by atoms with van der Waals surface area (Å²) in [6, 6.07) is 9.39. The summed E-state index contributed by atoms with van der Waals surface area (Å²) in [7, 11) is 0. The molecule has 2 amide bonds. The standard InChI is InChI=1S/C20H25N3O3S/c1-15-14-27-20(26)23(15)12-6-10-18(24)22-11-5-7-16(13-22)19(25)21-17-8-3-2-4-9-17/h2-4,8-9,14,16H,5-7,10-13H2,1H3,(H,21,25)/t16-/m1/s1. The molecule has 1 saturated heterocycles. The van der Waals surface area contributed by atoms with Crippen molar-refractivity contribution in [3.63, 3.8) is 0 Å². The number of carbonyl (C=O) groups is 2. The maximum Gasteiger partial charge on any atom is 0.307 e. The molecule has 2 aromatic rings. The van der Waals surface area contributed by atoms with Gasteiger partial charge >= 0.3 is 4.87 Å². The van der Waals surface area contributed by atoms with Gasteiger partial charge in [-0.15, -0.1) is 0 Å². The molecule has 1 aliphatic heterocycles. The van der Waals surface area contributed by atoms with Gasteiger partial charge in [0.05, 0.1) is 5.92 Å².